The highest BCUT2D eigenvalue weighted by molar-refractivity contribution is 5.99. The van der Waals surface area contributed by atoms with Crippen LogP contribution in [0.15, 0.2) is 58.3 Å². The van der Waals surface area contributed by atoms with Gasteiger partial charge < -0.3 is 15.2 Å². The molecule has 0 radical (unpaired) electrons. The first-order valence-corrected chi connectivity index (χ1v) is 9.85. The van der Waals surface area contributed by atoms with E-state index in [-0.39, 0.29) is 17.3 Å². The summed E-state index contributed by atoms with van der Waals surface area (Å²) in [6.45, 7) is 2.36. The molecule has 0 fully saturated rings. The number of rotatable bonds is 8. The van der Waals surface area contributed by atoms with E-state index in [1.807, 2.05) is 6.92 Å². The molecule has 0 bridgehead atoms. The van der Waals surface area contributed by atoms with Crippen LogP contribution in [0.25, 0.3) is 17.1 Å². The Morgan fingerprint density at radius 3 is 2.73 bits per heavy atom. The van der Waals surface area contributed by atoms with E-state index in [0.29, 0.717) is 29.4 Å². The Kier molecular flexibility index (Phi) is 6.25. The molecule has 0 aliphatic carbocycles. The van der Waals surface area contributed by atoms with Crippen molar-refractivity contribution in [3.63, 3.8) is 0 Å². The lowest BCUT2D eigenvalue weighted by Crippen LogP contribution is -2.19. The van der Waals surface area contributed by atoms with Crippen molar-refractivity contribution in [2.75, 3.05) is 19.5 Å². The number of aromatic nitrogens is 5. The Morgan fingerprint density at radius 1 is 1.21 bits per heavy atom. The van der Waals surface area contributed by atoms with Gasteiger partial charge in [-0.1, -0.05) is 17.3 Å². The minimum atomic E-state index is -0.585. The van der Waals surface area contributed by atoms with Crippen LogP contribution in [0.5, 0.6) is 11.5 Å². The molecule has 3 N–H and O–H groups in total. The molecular formula is C21H20N8O4. The fourth-order valence-electron chi connectivity index (χ4n) is 2.99. The first-order valence-electron chi connectivity index (χ1n) is 9.85. The molecule has 2 aromatic carbocycles. The van der Waals surface area contributed by atoms with Gasteiger partial charge in [-0.25, -0.2) is 10.1 Å². The van der Waals surface area contributed by atoms with Crippen molar-refractivity contribution in [3.05, 3.63) is 59.8 Å². The van der Waals surface area contributed by atoms with Crippen LogP contribution in [0.1, 0.15) is 23.0 Å². The summed E-state index contributed by atoms with van der Waals surface area (Å²) in [5.74, 6) is 0.829. The van der Waals surface area contributed by atoms with Gasteiger partial charge in [0.05, 0.1) is 19.9 Å². The van der Waals surface area contributed by atoms with Gasteiger partial charge in [0.2, 0.25) is 11.6 Å². The maximum atomic E-state index is 12.9. The number of hydrogen-bond donors (Lipinski definition) is 2. The van der Waals surface area contributed by atoms with Crippen LogP contribution in [0, 0.1) is 0 Å². The van der Waals surface area contributed by atoms with Gasteiger partial charge in [-0.05, 0) is 59.2 Å². The number of anilines is 1. The Morgan fingerprint density at radius 2 is 2.03 bits per heavy atom. The molecule has 168 valence electrons. The number of nitrogens with one attached hydrogen (secondary N) is 1. The summed E-state index contributed by atoms with van der Waals surface area (Å²) >= 11 is 0. The molecule has 0 saturated carbocycles. The molecule has 33 heavy (non-hydrogen) atoms. The first-order chi connectivity index (χ1) is 16.1. The SMILES string of the molecule is CCOc1cccc(-c2c(C(=O)NN=Cc3ccc(OC)cc3)nnn2-c2nonc2N)c1. The average Bonchev–Trinajstić information content (AvgIpc) is 3.46. The van der Waals surface area contributed by atoms with E-state index in [9.17, 15) is 4.79 Å². The molecule has 0 aliphatic heterocycles. The first kappa shape index (κ1) is 21.5. The number of hydrazone groups is 1. The quantitative estimate of drug-likeness (QED) is 0.304. The molecule has 0 unspecified atom stereocenters. The zero-order chi connectivity index (χ0) is 23.2. The van der Waals surface area contributed by atoms with Crippen LogP contribution in [0.4, 0.5) is 5.82 Å². The van der Waals surface area contributed by atoms with E-state index in [4.69, 9.17) is 15.2 Å². The molecule has 0 atom stereocenters. The van der Waals surface area contributed by atoms with Gasteiger partial charge >= 0.3 is 0 Å². The second-order valence-electron chi connectivity index (χ2n) is 6.60. The lowest BCUT2D eigenvalue weighted by molar-refractivity contribution is 0.0950. The lowest BCUT2D eigenvalue weighted by Gasteiger charge is -2.08. The summed E-state index contributed by atoms with van der Waals surface area (Å²) in [5.41, 5.74) is 9.97. The number of amides is 1. The molecule has 0 aliphatic rings. The lowest BCUT2D eigenvalue weighted by atomic mass is 10.1. The van der Waals surface area contributed by atoms with Crippen molar-refractivity contribution in [3.8, 4) is 28.6 Å². The van der Waals surface area contributed by atoms with E-state index < -0.39 is 5.91 Å². The number of nitrogens with two attached hydrogens (primary N) is 1. The number of nitrogens with zero attached hydrogens (tertiary/aromatic N) is 6. The zero-order valence-electron chi connectivity index (χ0n) is 17.8. The number of ether oxygens (including phenoxy) is 2. The van der Waals surface area contributed by atoms with Crippen LogP contribution < -0.4 is 20.6 Å². The monoisotopic (exact) mass is 448 g/mol. The summed E-state index contributed by atoms with van der Waals surface area (Å²) in [6.07, 6.45) is 1.50. The van der Waals surface area contributed by atoms with E-state index in [1.165, 1.54) is 10.9 Å². The highest BCUT2D eigenvalue weighted by atomic mass is 16.6. The molecule has 1 amide bonds. The molecular weight excluding hydrogens is 428 g/mol. The van der Waals surface area contributed by atoms with Gasteiger partial charge in [0, 0.05) is 5.56 Å². The van der Waals surface area contributed by atoms with Gasteiger partial charge in [0.1, 0.15) is 17.2 Å². The molecule has 4 aromatic rings. The van der Waals surface area contributed by atoms with Crippen molar-refractivity contribution < 1.29 is 18.9 Å². The normalized spacial score (nSPS) is 11.0. The van der Waals surface area contributed by atoms with Gasteiger partial charge in [0.15, 0.2) is 5.69 Å². The highest BCUT2D eigenvalue weighted by Gasteiger charge is 2.25. The van der Waals surface area contributed by atoms with Gasteiger partial charge in [-0.2, -0.15) is 9.78 Å². The van der Waals surface area contributed by atoms with Crippen molar-refractivity contribution in [1.82, 2.24) is 30.7 Å². The summed E-state index contributed by atoms with van der Waals surface area (Å²) in [7, 11) is 1.58. The highest BCUT2D eigenvalue weighted by Crippen LogP contribution is 2.29. The molecule has 2 heterocycles. The Bertz CT molecular complexity index is 1280. The Balaban J connectivity index is 1.66. The van der Waals surface area contributed by atoms with Crippen LogP contribution in [0.2, 0.25) is 0 Å². The van der Waals surface area contributed by atoms with Crippen LogP contribution in [-0.2, 0) is 0 Å². The van der Waals surface area contributed by atoms with Gasteiger partial charge in [-0.15, -0.1) is 5.10 Å². The van der Waals surface area contributed by atoms with E-state index >= 15 is 0 Å². The second kappa shape index (κ2) is 9.60. The fourth-order valence-corrected chi connectivity index (χ4v) is 2.99. The Labute approximate surface area is 188 Å². The number of nitrogen functional groups attached to an aromatic ring is 1. The number of carbonyl (C=O) groups is 1. The van der Waals surface area contributed by atoms with Crippen molar-refractivity contribution in [2.24, 2.45) is 5.10 Å². The minimum Gasteiger partial charge on any atom is -0.497 e. The molecule has 0 saturated heterocycles. The predicted octanol–water partition coefficient (Wildman–Crippen LogP) is 2.07. The third-order valence-electron chi connectivity index (χ3n) is 4.50. The number of hydrogen-bond acceptors (Lipinski definition) is 10. The van der Waals surface area contributed by atoms with Crippen molar-refractivity contribution in [1.29, 1.82) is 0 Å². The predicted molar refractivity (Wildman–Crippen MR) is 118 cm³/mol. The van der Waals surface area contributed by atoms with E-state index in [0.717, 1.165) is 5.56 Å². The average molecular weight is 448 g/mol. The Hall–Kier alpha value is -4.74. The summed E-state index contributed by atoms with van der Waals surface area (Å²) in [4.78, 5) is 12.9. The number of carbonyl (C=O) groups excluding carboxylic acids is 1. The molecule has 4 rings (SSSR count). The molecule has 12 nitrogen and oxygen atoms in total. The largest absolute Gasteiger partial charge is 0.497 e. The van der Waals surface area contributed by atoms with Gasteiger partial charge in [0.25, 0.3) is 5.91 Å². The van der Waals surface area contributed by atoms with Crippen LogP contribution in [-0.4, -0.2) is 51.1 Å². The number of methoxy groups -OCH3 is 1. The zero-order valence-corrected chi connectivity index (χ0v) is 17.8. The topological polar surface area (TPSA) is 156 Å². The molecule has 12 heteroatoms. The van der Waals surface area contributed by atoms with E-state index in [1.54, 1.807) is 55.6 Å². The summed E-state index contributed by atoms with van der Waals surface area (Å²) in [6, 6.07) is 14.3. The van der Waals surface area contributed by atoms with Crippen molar-refractivity contribution >= 4 is 17.9 Å². The molecule has 0 spiro atoms. The standard InChI is InChI=1S/C21H20N8O4/c1-3-32-16-6-4-5-14(11-16)18-17(24-28-29(18)20-19(22)26-33-27-20)21(30)25-23-12-13-7-9-15(31-2)10-8-13/h4-12H,3H2,1-2H3,(H2,22,26)(H,25,30). The van der Waals surface area contributed by atoms with Gasteiger partial charge in [-0.3, -0.25) is 4.79 Å². The maximum absolute atomic E-state index is 12.9. The summed E-state index contributed by atoms with van der Waals surface area (Å²) in [5, 5.41) is 19.4. The third-order valence-corrected chi connectivity index (χ3v) is 4.50. The van der Waals surface area contributed by atoms with Crippen molar-refractivity contribution in [2.45, 2.75) is 6.92 Å². The minimum absolute atomic E-state index is 0.00192. The smallest absolute Gasteiger partial charge is 0.294 e. The number of benzene rings is 2. The maximum Gasteiger partial charge on any atom is 0.294 e. The fraction of sp³-hybridized carbons (Fsp3) is 0.143. The summed E-state index contributed by atoms with van der Waals surface area (Å²) < 4.78 is 16.7. The van der Waals surface area contributed by atoms with Crippen LogP contribution >= 0.6 is 0 Å². The van der Waals surface area contributed by atoms with E-state index in [2.05, 4.69) is 35.8 Å². The third kappa shape index (κ3) is 4.63. The van der Waals surface area contributed by atoms with Crippen LogP contribution in [0.3, 0.4) is 0 Å². The second-order valence-corrected chi connectivity index (χ2v) is 6.60. The molecule has 2 aromatic heterocycles.